The molecule has 0 bridgehead atoms. The second kappa shape index (κ2) is 5.11. The lowest BCUT2D eigenvalue weighted by Crippen LogP contribution is -2.19. The summed E-state index contributed by atoms with van der Waals surface area (Å²) in [6.07, 6.45) is 2.11. The molecule has 20 heavy (non-hydrogen) atoms. The van der Waals surface area contributed by atoms with Gasteiger partial charge in [-0.15, -0.1) is 0 Å². The minimum absolute atomic E-state index is 0.0121. The van der Waals surface area contributed by atoms with E-state index in [0.29, 0.717) is 17.8 Å². The molecule has 0 aliphatic heterocycles. The highest BCUT2D eigenvalue weighted by Crippen LogP contribution is 2.19. The zero-order valence-electron chi connectivity index (χ0n) is 12.2. The van der Waals surface area contributed by atoms with Crippen molar-refractivity contribution in [3.63, 3.8) is 0 Å². The van der Waals surface area contributed by atoms with Crippen molar-refractivity contribution in [3.8, 4) is 0 Å². The molecule has 2 aromatic heterocycles. The molecule has 0 amide bonds. The van der Waals surface area contributed by atoms with E-state index in [1.807, 2.05) is 0 Å². The van der Waals surface area contributed by atoms with Crippen LogP contribution in [-0.4, -0.2) is 27.2 Å². The third kappa shape index (κ3) is 2.89. The molecular formula is C14H19N3O3. The summed E-state index contributed by atoms with van der Waals surface area (Å²) in [5.41, 5.74) is 1.05. The first-order valence-corrected chi connectivity index (χ1v) is 6.59. The van der Waals surface area contributed by atoms with Gasteiger partial charge in [-0.25, -0.2) is 14.3 Å². The van der Waals surface area contributed by atoms with Crippen molar-refractivity contribution in [2.75, 3.05) is 6.61 Å². The van der Waals surface area contributed by atoms with Gasteiger partial charge >= 0.3 is 5.97 Å². The maximum atomic E-state index is 12.0. The SMILES string of the molecule is CCOC(=O)c1c[nH]n2c(=O)cc(CC(C)(C)C)nc12. The molecule has 0 aliphatic carbocycles. The Balaban J connectivity index is 2.53. The summed E-state index contributed by atoms with van der Waals surface area (Å²) in [5, 5.41) is 2.73. The number of carbonyl (C=O) groups is 1. The van der Waals surface area contributed by atoms with Crippen LogP contribution in [0.2, 0.25) is 0 Å². The van der Waals surface area contributed by atoms with Gasteiger partial charge in [0.05, 0.1) is 6.61 Å². The molecule has 0 fully saturated rings. The van der Waals surface area contributed by atoms with Crippen LogP contribution >= 0.6 is 0 Å². The van der Waals surface area contributed by atoms with Crippen LogP contribution < -0.4 is 5.56 Å². The molecule has 108 valence electrons. The van der Waals surface area contributed by atoms with E-state index in [4.69, 9.17) is 4.74 Å². The summed E-state index contributed by atoms with van der Waals surface area (Å²) < 4.78 is 6.21. The lowest BCUT2D eigenvalue weighted by atomic mass is 9.90. The number of hydrogen-bond acceptors (Lipinski definition) is 4. The smallest absolute Gasteiger partial charge is 0.343 e. The Morgan fingerprint density at radius 2 is 2.15 bits per heavy atom. The van der Waals surface area contributed by atoms with Crippen LogP contribution in [0, 0.1) is 5.41 Å². The van der Waals surface area contributed by atoms with Gasteiger partial charge < -0.3 is 4.74 Å². The molecule has 0 atom stereocenters. The van der Waals surface area contributed by atoms with Crippen LogP contribution in [0.1, 0.15) is 43.7 Å². The number of ether oxygens (including phenoxy) is 1. The normalized spacial score (nSPS) is 11.8. The molecule has 0 spiro atoms. The van der Waals surface area contributed by atoms with Crippen molar-refractivity contribution in [2.45, 2.75) is 34.1 Å². The highest BCUT2D eigenvalue weighted by Gasteiger charge is 2.18. The fourth-order valence-corrected chi connectivity index (χ4v) is 2.02. The van der Waals surface area contributed by atoms with E-state index in [1.54, 1.807) is 6.92 Å². The highest BCUT2D eigenvalue weighted by atomic mass is 16.5. The molecule has 6 nitrogen and oxygen atoms in total. The summed E-state index contributed by atoms with van der Waals surface area (Å²) in [7, 11) is 0. The number of nitrogens with one attached hydrogen (secondary N) is 1. The maximum absolute atomic E-state index is 12.0. The van der Waals surface area contributed by atoms with Crippen molar-refractivity contribution in [1.82, 2.24) is 14.6 Å². The third-order valence-corrected chi connectivity index (χ3v) is 2.76. The molecule has 0 aromatic carbocycles. The van der Waals surface area contributed by atoms with E-state index in [1.165, 1.54) is 16.8 Å². The summed E-state index contributed by atoms with van der Waals surface area (Å²) in [6, 6.07) is 1.49. The molecule has 0 aliphatic rings. The summed E-state index contributed by atoms with van der Waals surface area (Å²) >= 11 is 0. The van der Waals surface area contributed by atoms with Crippen molar-refractivity contribution < 1.29 is 9.53 Å². The highest BCUT2D eigenvalue weighted by molar-refractivity contribution is 5.95. The Morgan fingerprint density at radius 3 is 2.75 bits per heavy atom. The number of hydrogen-bond donors (Lipinski definition) is 1. The second-order valence-corrected chi connectivity index (χ2v) is 5.89. The van der Waals surface area contributed by atoms with Crippen LogP contribution in [0.15, 0.2) is 17.1 Å². The molecule has 6 heteroatoms. The zero-order chi connectivity index (χ0) is 14.9. The number of nitrogens with zero attached hydrogens (tertiary/aromatic N) is 2. The minimum atomic E-state index is -0.481. The molecule has 0 unspecified atom stereocenters. The van der Waals surface area contributed by atoms with Gasteiger partial charge in [-0.1, -0.05) is 20.8 Å². The van der Waals surface area contributed by atoms with Crippen molar-refractivity contribution >= 4 is 11.6 Å². The molecule has 0 saturated carbocycles. The fraction of sp³-hybridized carbons (Fsp3) is 0.500. The van der Waals surface area contributed by atoms with E-state index in [2.05, 4.69) is 30.9 Å². The Morgan fingerprint density at radius 1 is 1.45 bits per heavy atom. The number of H-pyrrole nitrogens is 1. The van der Waals surface area contributed by atoms with Crippen LogP contribution in [0.25, 0.3) is 5.65 Å². The quantitative estimate of drug-likeness (QED) is 0.868. The molecule has 2 rings (SSSR count). The topological polar surface area (TPSA) is 76.5 Å². The fourth-order valence-electron chi connectivity index (χ4n) is 2.02. The number of esters is 1. The Bertz CT molecular complexity index is 692. The number of aromatic nitrogens is 3. The van der Waals surface area contributed by atoms with Gasteiger partial charge in [0, 0.05) is 18.0 Å². The van der Waals surface area contributed by atoms with Crippen LogP contribution in [0.4, 0.5) is 0 Å². The summed E-state index contributed by atoms with van der Waals surface area (Å²) in [4.78, 5) is 28.3. The Hall–Kier alpha value is -2.11. The zero-order valence-corrected chi connectivity index (χ0v) is 12.2. The summed E-state index contributed by atoms with van der Waals surface area (Å²) in [6.45, 7) is 8.22. The second-order valence-electron chi connectivity index (χ2n) is 5.89. The number of fused-ring (bicyclic) bond motifs is 1. The molecule has 2 aromatic rings. The van der Waals surface area contributed by atoms with E-state index >= 15 is 0 Å². The van der Waals surface area contributed by atoms with Gasteiger partial charge in [0.25, 0.3) is 5.56 Å². The van der Waals surface area contributed by atoms with Crippen LogP contribution in [0.3, 0.4) is 0 Å². The molecule has 0 saturated heterocycles. The van der Waals surface area contributed by atoms with Crippen molar-refractivity contribution in [1.29, 1.82) is 0 Å². The number of carbonyl (C=O) groups excluding carboxylic acids is 1. The van der Waals surface area contributed by atoms with Gasteiger partial charge in [0.15, 0.2) is 5.65 Å². The predicted octanol–water partition coefficient (Wildman–Crippen LogP) is 1.79. The predicted molar refractivity (Wildman–Crippen MR) is 74.9 cm³/mol. The molecule has 1 N–H and O–H groups in total. The van der Waals surface area contributed by atoms with Gasteiger partial charge in [-0.05, 0) is 18.8 Å². The van der Waals surface area contributed by atoms with Crippen molar-refractivity contribution in [2.24, 2.45) is 5.41 Å². The van der Waals surface area contributed by atoms with E-state index in [9.17, 15) is 9.59 Å². The average molecular weight is 277 g/mol. The lowest BCUT2D eigenvalue weighted by Gasteiger charge is -2.17. The number of rotatable bonds is 3. The van der Waals surface area contributed by atoms with Gasteiger partial charge in [-0.3, -0.25) is 9.89 Å². The first-order valence-electron chi connectivity index (χ1n) is 6.59. The van der Waals surface area contributed by atoms with E-state index in [-0.39, 0.29) is 23.1 Å². The maximum Gasteiger partial charge on any atom is 0.343 e. The van der Waals surface area contributed by atoms with Crippen LogP contribution in [-0.2, 0) is 11.2 Å². The Kier molecular flexibility index (Phi) is 3.65. The average Bonchev–Trinajstić information content (AvgIpc) is 2.71. The van der Waals surface area contributed by atoms with Gasteiger partial charge in [0.1, 0.15) is 5.56 Å². The monoisotopic (exact) mass is 277 g/mol. The first kappa shape index (κ1) is 14.3. The number of aromatic amines is 1. The third-order valence-electron chi connectivity index (χ3n) is 2.76. The molecule has 0 radical (unpaired) electrons. The van der Waals surface area contributed by atoms with Gasteiger partial charge in [-0.2, -0.15) is 0 Å². The largest absolute Gasteiger partial charge is 0.462 e. The molecule has 2 heterocycles. The lowest BCUT2D eigenvalue weighted by molar-refractivity contribution is 0.0528. The van der Waals surface area contributed by atoms with Crippen molar-refractivity contribution in [3.05, 3.63) is 33.9 Å². The van der Waals surface area contributed by atoms with Crippen LogP contribution in [0.5, 0.6) is 0 Å². The van der Waals surface area contributed by atoms with Gasteiger partial charge in [0.2, 0.25) is 0 Å². The minimum Gasteiger partial charge on any atom is -0.462 e. The first-order chi connectivity index (χ1) is 9.31. The standard InChI is InChI=1S/C14H19N3O3/c1-5-20-13(19)10-8-15-17-11(18)6-9(16-12(10)17)7-14(2,3)4/h6,8,15H,5,7H2,1-4H3. The van der Waals surface area contributed by atoms with E-state index < -0.39 is 5.97 Å². The summed E-state index contributed by atoms with van der Waals surface area (Å²) in [5.74, 6) is -0.481. The Labute approximate surface area is 116 Å². The molecular weight excluding hydrogens is 258 g/mol. The van der Waals surface area contributed by atoms with E-state index in [0.717, 1.165) is 0 Å².